The number of H-pyrrole nitrogens is 1. The molecule has 0 aliphatic rings. The predicted octanol–water partition coefficient (Wildman–Crippen LogP) is 4.10. The largest absolute Gasteiger partial charge is 0.451 e. The molecular formula is C18H14N4O2S. The van der Waals surface area contributed by atoms with Crippen LogP contribution < -0.4 is 5.32 Å². The van der Waals surface area contributed by atoms with Gasteiger partial charge < -0.3 is 9.73 Å². The Kier molecular flexibility index (Phi) is 4.22. The minimum absolute atomic E-state index is 0.264. The van der Waals surface area contributed by atoms with Crippen LogP contribution in [0.4, 0.5) is 5.69 Å². The minimum atomic E-state index is -0.264. The topological polar surface area (TPSA) is 83.8 Å². The number of carbonyl (C=O) groups is 1. The van der Waals surface area contributed by atoms with Crippen molar-refractivity contribution < 1.29 is 9.21 Å². The van der Waals surface area contributed by atoms with Crippen molar-refractivity contribution >= 4 is 34.3 Å². The van der Waals surface area contributed by atoms with E-state index in [1.54, 1.807) is 17.8 Å². The molecule has 4 aromatic rings. The van der Waals surface area contributed by atoms with Gasteiger partial charge in [-0.2, -0.15) is 5.10 Å². The summed E-state index contributed by atoms with van der Waals surface area (Å²) in [5.74, 6) is 0.804. The Hall–Kier alpha value is -3.06. The van der Waals surface area contributed by atoms with Gasteiger partial charge in [-0.25, -0.2) is 4.98 Å². The molecule has 25 heavy (non-hydrogen) atoms. The fraction of sp³-hybridized carbons (Fsp3) is 0.0556. The molecule has 2 heterocycles. The molecule has 1 amide bonds. The summed E-state index contributed by atoms with van der Waals surface area (Å²) in [7, 11) is 0. The number of para-hydroxylation sites is 1. The summed E-state index contributed by atoms with van der Waals surface area (Å²) in [5, 5.41) is 11.2. The lowest BCUT2D eigenvalue weighted by Crippen LogP contribution is -2.10. The van der Waals surface area contributed by atoms with Gasteiger partial charge in [-0.15, -0.1) is 0 Å². The molecule has 2 aromatic heterocycles. The van der Waals surface area contributed by atoms with Crippen LogP contribution in [-0.4, -0.2) is 21.1 Å². The number of rotatable bonds is 5. The molecular weight excluding hydrogens is 336 g/mol. The molecule has 0 unspecified atom stereocenters. The van der Waals surface area contributed by atoms with Crippen molar-refractivity contribution in [2.45, 2.75) is 10.9 Å². The van der Waals surface area contributed by atoms with Gasteiger partial charge in [0, 0.05) is 16.8 Å². The van der Waals surface area contributed by atoms with Crippen molar-refractivity contribution in [3.8, 4) is 0 Å². The summed E-state index contributed by atoms with van der Waals surface area (Å²) in [5.41, 5.74) is 2.55. The SMILES string of the molecule is O=C(Nc1ccc(CSc2ncn[nH]2)cc1)c1cc2ccccc2o1. The van der Waals surface area contributed by atoms with Gasteiger partial charge in [0.15, 0.2) is 10.9 Å². The summed E-state index contributed by atoms with van der Waals surface area (Å²) in [4.78, 5) is 16.4. The molecule has 124 valence electrons. The van der Waals surface area contributed by atoms with E-state index in [0.29, 0.717) is 11.3 Å². The molecule has 0 bridgehead atoms. The molecule has 7 heteroatoms. The number of aromatic amines is 1. The molecule has 0 atom stereocenters. The van der Waals surface area contributed by atoms with Gasteiger partial charge in [0.1, 0.15) is 11.9 Å². The molecule has 2 N–H and O–H groups in total. The van der Waals surface area contributed by atoms with Crippen LogP contribution in [0, 0.1) is 0 Å². The van der Waals surface area contributed by atoms with Crippen LogP contribution in [0.3, 0.4) is 0 Å². The first-order valence-electron chi connectivity index (χ1n) is 7.65. The van der Waals surface area contributed by atoms with E-state index in [1.807, 2.05) is 48.5 Å². The third-order valence-corrected chi connectivity index (χ3v) is 4.58. The van der Waals surface area contributed by atoms with Gasteiger partial charge in [-0.3, -0.25) is 9.89 Å². The first-order chi connectivity index (χ1) is 12.3. The lowest BCUT2D eigenvalue weighted by Gasteiger charge is -2.04. The van der Waals surface area contributed by atoms with Gasteiger partial charge in [-0.05, 0) is 29.8 Å². The van der Waals surface area contributed by atoms with Gasteiger partial charge in [0.25, 0.3) is 5.91 Å². The molecule has 0 fully saturated rings. The third kappa shape index (κ3) is 3.56. The number of hydrogen-bond acceptors (Lipinski definition) is 5. The smallest absolute Gasteiger partial charge is 0.291 e. The van der Waals surface area contributed by atoms with Crippen molar-refractivity contribution in [2.24, 2.45) is 0 Å². The quantitative estimate of drug-likeness (QED) is 0.530. The van der Waals surface area contributed by atoms with Crippen molar-refractivity contribution in [1.29, 1.82) is 0 Å². The molecule has 0 aliphatic carbocycles. The predicted molar refractivity (Wildman–Crippen MR) is 96.6 cm³/mol. The highest BCUT2D eigenvalue weighted by Crippen LogP contribution is 2.22. The van der Waals surface area contributed by atoms with E-state index < -0.39 is 0 Å². The summed E-state index contributed by atoms with van der Waals surface area (Å²) in [6.45, 7) is 0. The summed E-state index contributed by atoms with van der Waals surface area (Å²) < 4.78 is 5.57. The number of amides is 1. The van der Waals surface area contributed by atoms with Crippen LogP contribution in [0.25, 0.3) is 11.0 Å². The average Bonchev–Trinajstić information content (AvgIpc) is 3.30. The Balaban J connectivity index is 1.40. The normalized spacial score (nSPS) is 10.9. The number of furan rings is 1. The Labute approximate surface area is 147 Å². The summed E-state index contributed by atoms with van der Waals surface area (Å²) in [6, 6.07) is 17.0. The molecule has 4 rings (SSSR count). The van der Waals surface area contributed by atoms with Crippen molar-refractivity contribution in [1.82, 2.24) is 15.2 Å². The Bertz CT molecular complexity index is 961. The average molecular weight is 350 g/mol. The number of fused-ring (bicyclic) bond motifs is 1. The Morgan fingerprint density at radius 1 is 1.16 bits per heavy atom. The molecule has 2 aromatic carbocycles. The number of benzene rings is 2. The standard InChI is InChI=1S/C18H14N4O2S/c23-17(16-9-13-3-1-2-4-15(13)24-16)21-14-7-5-12(6-8-14)10-25-18-19-11-20-22-18/h1-9,11H,10H2,(H,21,23)(H,19,20,22). The minimum Gasteiger partial charge on any atom is -0.451 e. The van der Waals surface area contributed by atoms with Gasteiger partial charge in [0.05, 0.1) is 0 Å². The highest BCUT2D eigenvalue weighted by Gasteiger charge is 2.12. The number of aromatic nitrogens is 3. The van der Waals surface area contributed by atoms with E-state index in [4.69, 9.17) is 4.42 Å². The van der Waals surface area contributed by atoms with Crippen LogP contribution in [0.15, 0.2) is 70.5 Å². The molecule has 0 aliphatic heterocycles. The molecule has 0 radical (unpaired) electrons. The van der Waals surface area contributed by atoms with Crippen molar-refractivity contribution in [3.63, 3.8) is 0 Å². The van der Waals surface area contributed by atoms with E-state index in [-0.39, 0.29) is 5.91 Å². The highest BCUT2D eigenvalue weighted by molar-refractivity contribution is 7.98. The second-order valence-corrected chi connectivity index (χ2v) is 6.34. The number of anilines is 1. The van der Waals surface area contributed by atoms with E-state index in [9.17, 15) is 4.79 Å². The van der Waals surface area contributed by atoms with Gasteiger partial charge >= 0.3 is 0 Å². The number of nitrogens with one attached hydrogen (secondary N) is 2. The van der Waals surface area contributed by atoms with Crippen LogP contribution in [-0.2, 0) is 5.75 Å². The Morgan fingerprint density at radius 3 is 2.76 bits per heavy atom. The molecule has 0 saturated heterocycles. The second kappa shape index (κ2) is 6.82. The van der Waals surface area contributed by atoms with E-state index in [2.05, 4.69) is 20.5 Å². The number of thioether (sulfide) groups is 1. The molecule has 0 saturated carbocycles. The summed E-state index contributed by atoms with van der Waals surface area (Å²) in [6.07, 6.45) is 1.49. The summed E-state index contributed by atoms with van der Waals surface area (Å²) >= 11 is 1.57. The maximum absolute atomic E-state index is 12.3. The lowest BCUT2D eigenvalue weighted by molar-refractivity contribution is 0.0998. The maximum atomic E-state index is 12.3. The van der Waals surface area contributed by atoms with Crippen LogP contribution in [0.5, 0.6) is 0 Å². The van der Waals surface area contributed by atoms with Crippen LogP contribution in [0.2, 0.25) is 0 Å². The first-order valence-corrected chi connectivity index (χ1v) is 8.63. The zero-order chi connectivity index (χ0) is 17.1. The number of carbonyl (C=O) groups excluding carboxylic acids is 1. The molecule has 6 nitrogen and oxygen atoms in total. The number of nitrogens with zero attached hydrogens (tertiary/aromatic N) is 2. The maximum Gasteiger partial charge on any atom is 0.291 e. The van der Waals surface area contributed by atoms with Crippen molar-refractivity contribution in [2.75, 3.05) is 5.32 Å². The zero-order valence-corrected chi connectivity index (χ0v) is 13.9. The molecule has 0 spiro atoms. The van der Waals surface area contributed by atoms with E-state index in [0.717, 1.165) is 27.5 Å². The van der Waals surface area contributed by atoms with Gasteiger partial charge in [0.2, 0.25) is 0 Å². The zero-order valence-electron chi connectivity index (χ0n) is 13.1. The third-order valence-electron chi connectivity index (χ3n) is 3.63. The van der Waals surface area contributed by atoms with Crippen molar-refractivity contribution in [3.05, 3.63) is 72.2 Å². The highest BCUT2D eigenvalue weighted by atomic mass is 32.2. The Morgan fingerprint density at radius 2 is 2.00 bits per heavy atom. The lowest BCUT2D eigenvalue weighted by atomic mass is 10.2. The fourth-order valence-electron chi connectivity index (χ4n) is 2.39. The van der Waals surface area contributed by atoms with E-state index >= 15 is 0 Å². The first kappa shape index (κ1) is 15.5. The van der Waals surface area contributed by atoms with Crippen LogP contribution >= 0.6 is 11.8 Å². The van der Waals surface area contributed by atoms with Gasteiger partial charge in [-0.1, -0.05) is 42.1 Å². The van der Waals surface area contributed by atoms with Crippen LogP contribution in [0.1, 0.15) is 16.1 Å². The fourth-order valence-corrected chi connectivity index (χ4v) is 3.12. The number of hydrogen-bond donors (Lipinski definition) is 2. The monoisotopic (exact) mass is 350 g/mol. The second-order valence-electron chi connectivity index (χ2n) is 5.38. The van der Waals surface area contributed by atoms with E-state index in [1.165, 1.54) is 6.33 Å².